The third-order valence-corrected chi connectivity index (χ3v) is 2.65. The van der Waals surface area contributed by atoms with Gasteiger partial charge >= 0.3 is 12.0 Å². The normalized spacial score (nSPS) is 9.47. The molecule has 100 valence electrons. The van der Waals surface area contributed by atoms with Gasteiger partial charge in [0, 0.05) is 11.6 Å². The highest BCUT2D eigenvalue weighted by atomic mass is 35.5. The number of hydrogen-bond acceptors (Lipinski definition) is 2. The number of terminal acetylenes is 1. The largest absolute Gasteiger partial charge is 0.480 e. The zero-order valence-corrected chi connectivity index (χ0v) is 10.9. The van der Waals surface area contributed by atoms with Crippen LogP contribution >= 0.6 is 11.6 Å². The molecule has 0 radical (unpaired) electrons. The lowest BCUT2D eigenvalue weighted by molar-refractivity contribution is -0.137. The van der Waals surface area contributed by atoms with E-state index in [1.54, 1.807) is 24.3 Å². The number of halogens is 1. The fourth-order valence-corrected chi connectivity index (χ4v) is 1.60. The number of carbonyl (C=O) groups is 2. The van der Waals surface area contributed by atoms with Crippen molar-refractivity contribution in [3.8, 4) is 12.3 Å². The molecule has 0 aliphatic rings. The molecule has 0 atom stereocenters. The molecule has 2 N–H and O–H groups in total. The van der Waals surface area contributed by atoms with Crippen molar-refractivity contribution >= 4 is 23.6 Å². The number of rotatable bonds is 5. The van der Waals surface area contributed by atoms with Gasteiger partial charge in [0.05, 0.1) is 6.54 Å². The molecule has 6 heteroatoms. The van der Waals surface area contributed by atoms with Crippen LogP contribution in [0.2, 0.25) is 5.02 Å². The number of carboxylic acid groups (broad SMARTS) is 1. The quantitative estimate of drug-likeness (QED) is 0.805. The zero-order chi connectivity index (χ0) is 14.3. The maximum atomic E-state index is 11.8. The topological polar surface area (TPSA) is 69.6 Å². The summed E-state index contributed by atoms with van der Waals surface area (Å²) in [4.78, 5) is 23.4. The van der Waals surface area contributed by atoms with Crippen molar-refractivity contribution in [3.05, 3.63) is 34.9 Å². The van der Waals surface area contributed by atoms with E-state index in [1.165, 1.54) is 0 Å². The summed E-state index contributed by atoms with van der Waals surface area (Å²) in [6.07, 6.45) is 5.09. The minimum atomic E-state index is -1.12. The maximum absolute atomic E-state index is 11.8. The molecule has 0 fully saturated rings. The first-order chi connectivity index (χ1) is 9.04. The summed E-state index contributed by atoms with van der Waals surface area (Å²) in [7, 11) is 0. The molecule has 1 aromatic carbocycles. The lowest BCUT2D eigenvalue weighted by atomic mass is 10.2. The first-order valence-electron chi connectivity index (χ1n) is 5.46. The number of urea groups is 1. The van der Waals surface area contributed by atoms with Crippen molar-refractivity contribution in [1.82, 2.24) is 10.2 Å². The van der Waals surface area contributed by atoms with Crippen molar-refractivity contribution in [2.24, 2.45) is 0 Å². The second-order valence-corrected chi connectivity index (χ2v) is 4.11. The van der Waals surface area contributed by atoms with E-state index in [1.807, 2.05) is 0 Å². The van der Waals surface area contributed by atoms with Crippen LogP contribution in [0.3, 0.4) is 0 Å². The Morgan fingerprint density at radius 1 is 1.42 bits per heavy atom. The molecule has 0 aromatic heterocycles. The number of hydrogen-bond donors (Lipinski definition) is 2. The summed E-state index contributed by atoms with van der Waals surface area (Å²) >= 11 is 5.94. The average molecular weight is 281 g/mol. The van der Waals surface area contributed by atoms with Crippen LogP contribution in [0.15, 0.2) is 24.3 Å². The highest BCUT2D eigenvalue weighted by Crippen LogP contribution is 2.14. The third kappa shape index (κ3) is 4.90. The fourth-order valence-electron chi connectivity index (χ4n) is 1.40. The molecule has 0 unspecified atom stereocenters. The fraction of sp³-hybridized carbons (Fsp3) is 0.231. The third-order valence-electron chi connectivity index (χ3n) is 2.28. The average Bonchev–Trinajstić information content (AvgIpc) is 2.36. The van der Waals surface area contributed by atoms with Gasteiger partial charge in [0.1, 0.15) is 6.54 Å². The van der Waals surface area contributed by atoms with Crippen molar-refractivity contribution in [2.75, 3.05) is 13.1 Å². The van der Waals surface area contributed by atoms with E-state index < -0.39 is 18.5 Å². The van der Waals surface area contributed by atoms with Crippen LogP contribution in [-0.2, 0) is 11.3 Å². The van der Waals surface area contributed by atoms with E-state index in [9.17, 15) is 9.59 Å². The Morgan fingerprint density at radius 3 is 2.68 bits per heavy atom. The predicted molar refractivity (Wildman–Crippen MR) is 71.7 cm³/mol. The molecule has 0 bridgehead atoms. The van der Waals surface area contributed by atoms with E-state index in [4.69, 9.17) is 23.1 Å². The Morgan fingerprint density at radius 2 is 2.11 bits per heavy atom. The Labute approximate surface area is 116 Å². The van der Waals surface area contributed by atoms with E-state index in [0.717, 1.165) is 10.5 Å². The van der Waals surface area contributed by atoms with Gasteiger partial charge in [-0.3, -0.25) is 4.79 Å². The van der Waals surface area contributed by atoms with E-state index in [2.05, 4.69) is 11.2 Å². The molecule has 0 aliphatic carbocycles. The molecule has 1 rings (SSSR count). The number of carbonyl (C=O) groups excluding carboxylic acids is 1. The highest BCUT2D eigenvalue weighted by molar-refractivity contribution is 6.31. The second-order valence-electron chi connectivity index (χ2n) is 3.70. The van der Waals surface area contributed by atoms with Gasteiger partial charge in [-0.2, -0.15) is 0 Å². The van der Waals surface area contributed by atoms with E-state index in [-0.39, 0.29) is 13.1 Å². The van der Waals surface area contributed by atoms with Crippen molar-refractivity contribution in [1.29, 1.82) is 0 Å². The van der Waals surface area contributed by atoms with Crippen molar-refractivity contribution < 1.29 is 14.7 Å². The summed E-state index contributed by atoms with van der Waals surface area (Å²) in [6.45, 7) is -0.307. The molecular weight excluding hydrogens is 268 g/mol. The van der Waals surface area contributed by atoms with Gasteiger partial charge in [0.15, 0.2) is 0 Å². The minimum absolute atomic E-state index is 0.0688. The first-order valence-corrected chi connectivity index (χ1v) is 5.84. The molecule has 0 aliphatic heterocycles. The van der Waals surface area contributed by atoms with Gasteiger partial charge in [-0.25, -0.2) is 4.79 Å². The summed E-state index contributed by atoms with van der Waals surface area (Å²) in [5, 5.41) is 11.8. The lowest BCUT2D eigenvalue weighted by Crippen LogP contribution is -2.42. The second kappa shape index (κ2) is 7.29. The zero-order valence-electron chi connectivity index (χ0n) is 10.1. The number of aliphatic carboxylic acids is 1. The van der Waals surface area contributed by atoms with Gasteiger partial charge in [-0.05, 0) is 11.6 Å². The Bertz CT molecular complexity index is 511. The SMILES string of the molecule is C#CCN(CC(=O)O)C(=O)NCc1ccccc1Cl. The molecular formula is C13H13ClN2O3. The molecule has 1 aromatic rings. The van der Waals surface area contributed by atoms with Gasteiger partial charge in [-0.1, -0.05) is 35.7 Å². The molecule has 5 nitrogen and oxygen atoms in total. The molecule has 19 heavy (non-hydrogen) atoms. The monoisotopic (exact) mass is 280 g/mol. The van der Waals surface area contributed by atoms with Crippen LogP contribution in [0.25, 0.3) is 0 Å². The summed E-state index contributed by atoms with van der Waals surface area (Å²) in [5.41, 5.74) is 0.744. The van der Waals surface area contributed by atoms with Crippen molar-refractivity contribution in [3.63, 3.8) is 0 Å². The van der Waals surface area contributed by atoms with Gasteiger partial charge < -0.3 is 15.3 Å². The predicted octanol–water partition coefficient (Wildman–Crippen LogP) is 1.57. The van der Waals surface area contributed by atoms with Crippen LogP contribution in [0.4, 0.5) is 4.79 Å². The summed E-state index contributed by atoms with van der Waals surface area (Å²) < 4.78 is 0. The van der Waals surface area contributed by atoms with Crippen LogP contribution in [0, 0.1) is 12.3 Å². The summed E-state index contributed by atoms with van der Waals surface area (Å²) in [6, 6.07) is 6.51. The molecule has 0 saturated carbocycles. The van der Waals surface area contributed by atoms with Crippen molar-refractivity contribution in [2.45, 2.75) is 6.54 Å². The van der Waals surface area contributed by atoms with Crippen LogP contribution in [0.1, 0.15) is 5.56 Å². The first kappa shape index (κ1) is 14.9. The van der Waals surface area contributed by atoms with Crippen LogP contribution < -0.4 is 5.32 Å². The molecule has 0 heterocycles. The number of carboxylic acids is 1. The van der Waals surface area contributed by atoms with Gasteiger partial charge in [0.2, 0.25) is 0 Å². The standard InChI is InChI=1S/C13H13ClN2O3/c1-2-7-16(9-12(17)18)13(19)15-8-10-5-3-4-6-11(10)14/h1,3-6H,7-9H2,(H,15,19)(H,17,18). The maximum Gasteiger partial charge on any atom is 0.323 e. The van der Waals surface area contributed by atoms with E-state index in [0.29, 0.717) is 5.02 Å². The lowest BCUT2D eigenvalue weighted by Gasteiger charge is -2.18. The van der Waals surface area contributed by atoms with Crippen LogP contribution in [0.5, 0.6) is 0 Å². The summed E-state index contributed by atoms with van der Waals surface area (Å²) in [5.74, 6) is 1.12. The van der Waals surface area contributed by atoms with Crippen LogP contribution in [-0.4, -0.2) is 35.1 Å². The molecule has 0 spiro atoms. The number of amides is 2. The number of nitrogens with one attached hydrogen (secondary N) is 1. The van der Waals surface area contributed by atoms with E-state index >= 15 is 0 Å². The Hall–Kier alpha value is -2.19. The Kier molecular flexibility index (Phi) is 5.71. The highest BCUT2D eigenvalue weighted by Gasteiger charge is 2.15. The Balaban J connectivity index is 2.60. The molecule has 0 saturated heterocycles. The number of benzene rings is 1. The molecule has 2 amide bonds. The number of nitrogens with zero attached hydrogens (tertiary/aromatic N) is 1. The smallest absolute Gasteiger partial charge is 0.323 e. The van der Waals surface area contributed by atoms with Gasteiger partial charge in [0.25, 0.3) is 0 Å². The van der Waals surface area contributed by atoms with Gasteiger partial charge in [-0.15, -0.1) is 6.42 Å². The minimum Gasteiger partial charge on any atom is -0.480 e.